The number of amides is 1. The number of carbonyl (C=O) groups excluding carboxylic acids is 1. The van der Waals surface area contributed by atoms with Gasteiger partial charge in [0, 0.05) is 12.0 Å². The SMILES string of the molecule is CC(Sc1nnc(C2CC2)n1Cc1ccccc1)C(=O)NC1CCCCC1. The zero-order chi connectivity index (χ0) is 18.6. The van der Waals surface area contributed by atoms with Gasteiger partial charge in [-0.1, -0.05) is 61.4 Å². The van der Waals surface area contributed by atoms with Crippen LogP contribution in [0.3, 0.4) is 0 Å². The van der Waals surface area contributed by atoms with Crippen molar-refractivity contribution in [3.05, 3.63) is 41.7 Å². The van der Waals surface area contributed by atoms with Crippen LogP contribution in [0.1, 0.15) is 69.2 Å². The van der Waals surface area contributed by atoms with Crippen LogP contribution in [0.5, 0.6) is 0 Å². The first-order chi connectivity index (χ1) is 13.2. The number of hydrogen-bond donors (Lipinski definition) is 1. The molecule has 2 saturated carbocycles. The summed E-state index contributed by atoms with van der Waals surface area (Å²) in [6.07, 6.45) is 8.34. The Balaban J connectivity index is 1.45. The highest BCUT2D eigenvalue weighted by Gasteiger charge is 2.31. The second kappa shape index (κ2) is 8.46. The maximum atomic E-state index is 12.6. The summed E-state index contributed by atoms with van der Waals surface area (Å²) in [5, 5.41) is 12.8. The van der Waals surface area contributed by atoms with E-state index in [9.17, 15) is 4.79 Å². The molecule has 5 nitrogen and oxygen atoms in total. The second-order valence-corrected chi connectivity index (χ2v) is 9.10. The number of aromatic nitrogens is 3. The van der Waals surface area contributed by atoms with Crippen molar-refractivity contribution in [3.63, 3.8) is 0 Å². The fraction of sp³-hybridized carbons (Fsp3) is 0.571. The number of rotatable bonds is 7. The van der Waals surface area contributed by atoms with Crippen LogP contribution in [0.2, 0.25) is 0 Å². The van der Waals surface area contributed by atoms with Crippen LogP contribution in [0, 0.1) is 0 Å². The van der Waals surface area contributed by atoms with Crippen molar-refractivity contribution in [2.75, 3.05) is 0 Å². The second-order valence-electron chi connectivity index (χ2n) is 7.79. The number of thioether (sulfide) groups is 1. The number of benzene rings is 1. The Labute approximate surface area is 165 Å². The van der Waals surface area contributed by atoms with E-state index in [1.54, 1.807) is 0 Å². The number of hydrogen-bond acceptors (Lipinski definition) is 4. The van der Waals surface area contributed by atoms with Gasteiger partial charge in [0.25, 0.3) is 0 Å². The topological polar surface area (TPSA) is 59.8 Å². The fourth-order valence-electron chi connectivity index (χ4n) is 3.72. The van der Waals surface area contributed by atoms with Crippen LogP contribution in [0.4, 0.5) is 0 Å². The zero-order valence-electron chi connectivity index (χ0n) is 15.9. The lowest BCUT2D eigenvalue weighted by Gasteiger charge is -2.24. The molecule has 1 N–H and O–H groups in total. The summed E-state index contributed by atoms with van der Waals surface area (Å²) in [4.78, 5) is 12.6. The van der Waals surface area contributed by atoms with E-state index in [0.29, 0.717) is 12.0 Å². The molecule has 6 heteroatoms. The highest BCUT2D eigenvalue weighted by atomic mass is 32.2. The van der Waals surface area contributed by atoms with E-state index < -0.39 is 0 Å². The molecule has 0 aliphatic heterocycles. The molecule has 1 aromatic heterocycles. The Kier molecular flexibility index (Phi) is 5.81. The van der Waals surface area contributed by atoms with Crippen LogP contribution >= 0.6 is 11.8 Å². The molecule has 2 aliphatic carbocycles. The van der Waals surface area contributed by atoms with Gasteiger partial charge >= 0.3 is 0 Å². The van der Waals surface area contributed by atoms with Crippen molar-refractivity contribution in [2.24, 2.45) is 0 Å². The Bertz CT molecular complexity index is 766. The Morgan fingerprint density at radius 2 is 1.89 bits per heavy atom. The molecule has 1 aromatic carbocycles. The highest BCUT2D eigenvalue weighted by molar-refractivity contribution is 8.00. The minimum absolute atomic E-state index is 0.120. The smallest absolute Gasteiger partial charge is 0.233 e. The van der Waals surface area contributed by atoms with Crippen molar-refractivity contribution >= 4 is 17.7 Å². The van der Waals surface area contributed by atoms with Crippen molar-refractivity contribution in [1.29, 1.82) is 0 Å². The quantitative estimate of drug-likeness (QED) is 0.729. The molecule has 2 aliphatic rings. The lowest BCUT2D eigenvalue weighted by molar-refractivity contribution is -0.121. The maximum absolute atomic E-state index is 12.6. The van der Waals surface area contributed by atoms with E-state index in [0.717, 1.165) is 30.4 Å². The first-order valence-electron chi connectivity index (χ1n) is 10.1. The van der Waals surface area contributed by atoms with E-state index in [1.165, 1.54) is 49.4 Å². The van der Waals surface area contributed by atoms with Gasteiger partial charge in [0.15, 0.2) is 5.16 Å². The molecule has 4 rings (SSSR count). The van der Waals surface area contributed by atoms with Gasteiger partial charge in [-0.25, -0.2) is 0 Å². The third-order valence-electron chi connectivity index (χ3n) is 5.47. The summed E-state index contributed by atoms with van der Waals surface area (Å²) in [7, 11) is 0. The Morgan fingerprint density at radius 1 is 1.15 bits per heavy atom. The maximum Gasteiger partial charge on any atom is 0.233 e. The predicted molar refractivity (Wildman–Crippen MR) is 108 cm³/mol. The number of nitrogens with one attached hydrogen (secondary N) is 1. The van der Waals surface area contributed by atoms with Crippen LogP contribution in [0.15, 0.2) is 35.5 Å². The molecule has 1 unspecified atom stereocenters. The lowest BCUT2D eigenvalue weighted by Crippen LogP contribution is -2.40. The minimum Gasteiger partial charge on any atom is -0.352 e. The minimum atomic E-state index is -0.169. The molecule has 0 spiro atoms. The van der Waals surface area contributed by atoms with Gasteiger partial charge in [-0.2, -0.15) is 0 Å². The van der Waals surface area contributed by atoms with E-state index >= 15 is 0 Å². The summed E-state index contributed by atoms with van der Waals surface area (Å²) in [5.41, 5.74) is 1.24. The normalized spacial score (nSPS) is 19.0. The molecule has 0 radical (unpaired) electrons. The van der Waals surface area contributed by atoms with Gasteiger partial charge in [-0.05, 0) is 38.2 Å². The monoisotopic (exact) mass is 384 g/mol. The predicted octanol–water partition coefficient (Wildman–Crippen LogP) is 4.13. The lowest BCUT2D eigenvalue weighted by atomic mass is 9.95. The van der Waals surface area contributed by atoms with Gasteiger partial charge in [0.1, 0.15) is 5.82 Å². The first-order valence-corrected chi connectivity index (χ1v) is 11.0. The number of carbonyl (C=O) groups is 1. The summed E-state index contributed by atoms with van der Waals surface area (Å²) >= 11 is 1.53. The summed E-state index contributed by atoms with van der Waals surface area (Å²) in [5.74, 6) is 1.72. The molecule has 2 aromatic rings. The van der Waals surface area contributed by atoms with Crippen LogP contribution < -0.4 is 5.32 Å². The molecule has 144 valence electrons. The molecule has 27 heavy (non-hydrogen) atoms. The third kappa shape index (κ3) is 4.72. The molecular weight excluding hydrogens is 356 g/mol. The van der Waals surface area contributed by atoms with E-state index in [1.807, 2.05) is 13.0 Å². The molecule has 0 saturated heterocycles. The van der Waals surface area contributed by atoms with E-state index in [-0.39, 0.29) is 11.2 Å². The van der Waals surface area contributed by atoms with Crippen molar-refractivity contribution in [1.82, 2.24) is 20.1 Å². The summed E-state index contributed by atoms with van der Waals surface area (Å²) in [6.45, 7) is 2.74. The molecule has 1 heterocycles. The van der Waals surface area contributed by atoms with Crippen molar-refractivity contribution in [2.45, 2.75) is 80.8 Å². The number of nitrogens with zero attached hydrogens (tertiary/aromatic N) is 3. The Hall–Kier alpha value is -1.82. The zero-order valence-corrected chi connectivity index (χ0v) is 16.8. The largest absolute Gasteiger partial charge is 0.352 e. The van der Waals surface area contributed by atoms with Gasteiger partial charge in [0.2, 0.25) is 5.91 Å². The molecule has 2 fully saturated rings. The van der Waals surface area contributed by atoms with Gasteiger partial charge in [-0.3, -0.25) is 4.79 Å². The van der Waals surface area contributed by atoms with E-state index in [4.69, 9.17) is 0 Å². The molecular formula is C21H28N4OS. The first kappa shape index (κ1) is 18.5. The van der Waals surface area contributed by atoms with Crippen LogP contribution in [0.25, 0.3) is 0 Å². The van der Waals surface area contributed by atoms with Crippen LogP contribution in [-0.2, 0) is 11.3 Å². The molecule has 0 bridgehead atoms. The average Bonchev–Trinajstić information content (AvgIpc) is 3.47. The van der Waals surface area contributed by atoms with Gasteiger partial charge in [0.05, 0.1) is 11.8 Å². The fourth-order valence-corrected chi connectivity index (χ4v) is 4.59. The van der Waals surface area contributed by atoms with Crippen molar-refractivity contribution in [3.8, 4) is 0 Å². The summed E-state index contributed by atoms with van der Waals surface area (Å²) < 4.78 is 2.21. The van der Waals surface area contributed by atoms with Gasteiger partial charge < -0.3 is 9.88 Å². The summed E-state index contributed by atoms with van der Waals surface area (Å²) in [6, 6.07) is 10.8. The third-order valence-corrected chi connectivity index (χ3v) is 6.55. The molecule has 1 atom stereocenters. The average molecular weight is 385 g/mol. The van der Waals surface area contributed by atoms with Crippen LogP contribution in [-0.4, -0.2) is 32.0 Å². The highest BCUT2D eigenvalue weighted by Crippen LogP contribution is 2.40. The molecule has 1 amide bonds. The Morgan fingerprint density at radius 3 is 2.59 bits per heavy atom. The van der Waals surface area contributed by atoms with Gasteiger partial charge in [-0.15, -0.1) is 10.2 Å². The van der Waals surface area contributed by atoms with Crippen molar-refractivity contribution < 1.29 is 4.79 Å². The van der Waals surface area contributed by atoms with E-state index in [2.05, 4.69) is 44.3 Å². The standard InChI is InChI=1S/C21H28N4OS/c1-15(20(26)22-18-10-6-3-7-11-18)27-21-24-23-19(17-12-13-17)25(21)14-16-8-4-2-5-9-16/h2,4-5,8-9,15,17-18H,3,6-7,10-14H2,1H3,(H,22,26).